The lowest BCUT2D eigenvalue weighted by Crippen LogP contribution is -2.71. The monoisotopic (exact) mass is 662 g/mol. The van der Waals surface area contributed by atoms with Crippen LogP contribution in [0, 0.1) is 18.3 Å². The Hall–Kier alpha value is -2.50. The van der Waals surface area contributed by atoms with Crippen LogP contribution in [0.5, 0.6) is 5.75 Å². The van der Waals surface area contributed by atoms with E-state index in [-0.39, 0.29) is 36.1 Å². The molecule has 10 nitrogen and oxygen atoms in total. The first kappa shape index (κ1) is 34.0. The van der Waals surface area contributed by atoms with E-state index in [9.17, 15) is 9.90 Å². The molecule has 2 aliphatic heterocycles. The van der Waals surface area contributed by atoms with E-state index in [1.54, 1.807) is 0 Å². The van der Waals surface area contributed by atoms with Crippen molar-refractivity contribution in [3.8, 4) is 5.75 Å². The molecule has 7 rings (SSSR count). The van der Waals surface area contributed by atoms with Crippen molar-refractivity contribution in [3.05, 3.63) is 47.2 Å². The Morgan fingerprint density at radius 2 is 1.81 bits per heavy atom. The van der Waals surface area contributed by atoms with E-state index >= 15 is 0 Å². The molecular weight excluding hydrogens is 604 g/mol. The van der Waals surface area contributed by atoms with E-state index in [0.717, 1.165) is 56.0 Å². The summed E-state index contributed by atoms with van der Waals surface area (Å²) in [6.45, 7) is 4.75. The smallest absolute Gasteiger partial charge is 0.223 e. The molecular formula is C38H58N6O4. The molecule has 0 radical (unpaired) electrons. The lowest BCUT2D eigenvalue weighted by molar-refractivity contribution is -0.137. The van der Waals surface area contributed by atoms with Gasteiger partial charge >= 0.3 is 0 Å². The molecule has 1 saturated heterocycles. The van der Waals surface area contributed by atoms with Crippen molar-refractivity contribution in [2.45, 2.75) is 147 Å². The second kappa shape index (κ2) is 15.6. The van der Waals surface area contributed by atoms with Crippen LogP contribution >= 0.6 is 0 Å². The number of fused-ring (bicyclic) bond motifs is 1. The van der Waals surface area contributed by atoms with Crippen LogP contribution < -0.4 is 26.0 Å². The van der Waals surface area contributed by atoms with Gasteiger partial charge in [0.05, 0.1) is 24.1 Å². The summed E-state index contributed by atoms with van der Waals surface area (Å²) in [7, 11) is 0. The molecule has 3 unspecified atom stereocenters. The van der Waals surface area contributed by atoms with Gasteiger partial charge in [0, 0.05) is 49.6 Å². The van der Waals surface area contributed by atoms with Gasteiger partial charge in [0.1, 0.15) is 12.4 Å². The highest BCUT2D eigenvalue weighted by molar-refractivity contribution is 5.80. The number of aliphatic hydroxyl groups excluding tert-OH is 1. The molecule has 4 fully saturated rings. The van der Waals surface area contributed by atoms with Crippen LogP contribution in [0.15, 0.2) is 29.0 Å². The lowest BCUT2D eigenvalue weighted by Gasteiger charge is -2.55. The number of amides is 1. The number of aryl methyl sites for hydroxylation is 1. The van der Waals surface area contributed by atoms with Gasteiger partial charge in [-0.1, -0.05) is 51.0 Å². The normalized spacial score (nSPS) is 27.2. The van der Waals surface area contributed by atoms with E-state index in [2.05, 4.69) is 43.3 Å². The third-order valence-corrected chi connectivity index (χ3v) is 12.2. The van der Waals surface area contributed by atoms with Gasteiger partial charge in [0.25, 0.3) is 0 Å². The Morgan fingerprint density at radius 1 is 1.06 bits per heavy atom. The maximum atomic E-state index is 14.3. The van der Waals surface area contributed by atoms with E-state index in [1.165, 1.54) is 88.1 Å². The van der Waals surface area contributed by atoms with Crippen LogP contribution in [0.3, 0.4) is 0 Å². The second-order valence-corrected chi connectivity index (χ2v) is 15.5. The minimum absolute atomic E-state index is 0.0783. The van der Waals surface area contributed by atoms with Gasteiger partial charge in [-0.3, -0.25) is 25.6 Å². The number of β-amino-alcohol motifs (C(OH)–C–C–N with tert-alkyl or cyclic N) is 1. The Balaban J connectivity index is 0.963. The minimum atomic E-state index is -0.619. The molecule has 1 spiro atoms. The Morgan fingerprint density at radius 3 is 2.52 bits per heavy atom. The SMILES string of the molecule is Cc1ncoc1COc1ccc2c(c1)CCN(C[C@@H](O)CNC(=O)C1CC(NC3CCC3)NC(NC3CCC3)C13CCCCCCC3)C2. The van der Waals surface area contributed by atoms with E-state index in [4.69, 9.17) is 9.15 Å². The van der Waals surface area contributed by atoms with Crippen molar-refractivity contribution in [1.29, 1.82) is 0 Å². The van der Waals surface area contributed by atoms with Crippen molar-refractivity contribution in [2.24, 2.45) is 11.3 Å². The standard InChI is InChI=1S/C38H58N6O4/c1-26-34(48-25-40-26)24-47-32-14-13-28-22-44(18-15-27(28)19-32)23-31(45)21-39-36(46)33-20-35(41-29-9-7-10-29)43-37(42-30-11-8-12-30)38(33)16-5-3-2-4-6-17-38/h13-14,19,25,29-31,33,35,37,41-43,45H,2-12,15-18,20-24H2,1H3,(H,39,46)/t31-,33?,35?,37?/m0/s1. The molecule has 10 heteroatoms. The molecule has 0 bridgehead atoms. The van der Waals surface area contributed by atoms with Crippen molar-refractivity contribution in [1.82, 2.24) is 31.2 Å². The summed E-state index contributed by atoms with van der Waals surface area (Å²) in [5.41, 5.74) is 3.29. The first-order chi connectivity index (χ1) is 23.4. The van der Waals surface area contributed by atoms with Gasteiger partial charge in [-0.25, -0.2) is 4.98 Å². The minimum Gasteiger partial charge on any atom is -0.486 e. The maximum Gasteiger partial charge on any atom is 0.223 e. The van der Waals surface area contributed by atoms with Crippen molar-refractivity contribution in [3.63, 3.8) is 0 Å². The number of ether oxygens (including phenoxy) is 1. The second-order valence-electron chi connectivity index (χ2n) is 15.5. The Bertz CT molecular complexity index is 1350. The molecule has 5 N–H and O–H groups in total. The third-order valence-electron chi connectivity index (χ3n) is 12.2. The number of nitrogens with zero attached hydrogens (tertiary/aromatic N) is 2. The molecule has 3 aliphatic carbocycles. The van der Waals surface area contributed by atoms with Crippen LogP contribution in [0.1, 0.15) is 112 Å². The topological polar surface area (TPSA) is 124 Å². The summed E-state index contributed by atoms with van der Waals surface area (Å²) in [6, 6.07) is 7.37. The largest absolute Gasteiger partial charge is 0.486 e. The van der Waals surface area contributed by atoms with Crippen LogP contribution in [0.2, 0.25) is 0 Å². The van der Waals surface area contributed by atoms with Gasteiger partial charge < -0.3 is 19.6 Å². The van der Waals surface area contributed by atoms with Crippen LogP contribution in [-0.4, -0.2) is 71.1 Å². The summed E-state index contributed by atoms with van der Waals surface area (Å²) in [6.07, 6.45) is 18.7. The molecule has 264 valence electrons. The molecule has 3 heterocycles. The summed E-state index contributed by atoms with van der Waals surface area (Å²) >= 11 is 0. The number of nitrogens with one attached hydrogen (secondary N) is 4. The number of piperidine rings is 1. The third kappa shape index (κ3) is 7.94. The highest BCUT2D eigenvalue weighted by atomic mass is 16.5. The number of hydrogen-bond acceptors (Lipinski definition) is 9. The first-order valence-corrected chi connectivity index (χ1v) is 19.0. The molecule has 3 saturated carbocycles. The lowest BCUT2D eigenvalue weighted by atomic mass is 9.61. The average molecular weight is 663 g/mol. The zero-order valence-corrected chi connectivity index (χ0v) is 29.0. The van der Waals surface area contributed by atoms with E-state index in [0.29, 0.717) is 25.2 Å². The number of carbonyl (C=O) groups excluding carboxylic acids is 1. The average Bonchev–Trinajstić information content (AvgIpc) is 3.45. The van der Waals surface area contributed by atoms with Gasteiger partial charge in [-0.2, -0.15) is 0 Å². The molecule has 1 aromatic carbocycles. The van der Waals surface area contributed by atoms with Crippen molar-refractivity contribution in [2.75, 3.05) is 19.6 Å². The maximum absolute atomic E-state index is 14.3. The zero-order valence-electron chi connectivity index (χ0n) is 29.0. The first-order valence-electron chi connectivity index (χ1n) is 19.0. The Labute approximate surface area is 286 Å². The quantitative estimate of drug-likeness (QED) is 0.221. The highest BCUT2D eigenvalue weighted by Gasteiger charge is 2.53. The van der Waals surface area contributed by atoms with Crippen LogP contribution in [0.4, 0.5) is 0 Å². The summed E-state index contributed by atoms with van der Waals surface area (Å²) in [5, 5.41) is 26.4. The van der Waals surface area contributed by atoms with Crippen LogP contribution in [-0.2, 0) is 24.4 Å². The number of oxazole rings is 1. The molecule has 5 aliphatic rings. The predicted molar refractivity (Wildman–Crippen MR) is 185 cm³/mol. The highest BCUT2D eigenvalue weighted by Crippen LogP contribution is 2.48. The van der Waals surface area contributed by atoms with Crippen molar-refractivity contribution < 1.29 is 19.1 Å². The van der Waals surface area contributed by atoms with Gasteiger partial charge in [0.2, 0.25) is 5.91 Å². The van der Waals surface area contributed by atoms with E-state index < -0.39 is 6.10 Å². The zero-order chi connectivity index (χ0) is 32.9. The molecule has 48 heavy (non-hydrogen) atoms. The fourth-order valence-corrected chi connectivity index (χ4v) is 8.83. The number of hydrogen-bond donors (Lipinski definition) is 5. The summed E-state index contributed by atoms with van der Waals surface area (Å²) in [4.78, 5) is 20.7. The van der Waals surface area contributed by atoms with Gasteiger partial charge in [0.15, 0.2) is 12.2 Å². The molecule has 1 amide bonds. The molecule has 2 aromatic rings. The molecule has 4 atom stereocenters. The fraction of sp³-hybridized carbons (Fsp3) is 0.737. The van der Waals surface area contributed by atoms with Crippen LogP contribution in [0.25, 0.3) is 0 Å². The predicted octanol–water partition coefficient (Wildman–Crippen LogP) is 4.67. The van der Waals surface area contributed by atoms with Crippen molar-refractivity contribution >= 4 is 5.91 Å². The van der Waals surface area contributed by atoms with Gasteiger partial charge in [-0.15, -0.1) is 0 Å². The summed E-state index contributed by atoms with van der Waals surface area (Å²) < 4.78 is 11.4. The van der Waals surface area contributed by atoms with E-state index in [1.807, 2.05) is 13.0 Å². The summed E-state index contributed by atoms with van der Waals surface area (Å²) in [5.74, 6) is 1.63. The number of rotatable bonds is 12. The fourth-order valence-electron chi connectivity index (χ4n) is 8.83. The number of carbonyl (C=O) groups is 1. The number of aromatic nitrogens is 1. The Kier molecular flexibility index (Phi) is 11.0. The number of aliphatic hydroxyl groups is 1. The number of benzene rings is 1. The molecule has 1 aromatic heterocycles. The van der Waals surface area contributed by atoms with Gasteiger partial charge in [-0.05, 0) is 81.5 Å².